The molecule has 0 radical (unpaired) electrons. The van der Waals surface area contributed by atoms with E-state index in [2.05, 4.69) is 14.9 Å². The Kier molecular flexibility index (Phi) is 4.46. The Morgan fingerprint density at radius 1 is 0.958 bits per heavy atom. The molecule has 1 N–H and O–H groups in total. The number of aromatic nitrogens is 2. The third-order valence-electron chi connectivity index (χ3n) is 3.52. The van der Waals surface area contributed by atoms with Gasteiger partial charge < -0.3 is 4.52 Å². The fourth-order valence-electron chi connectivity index (χ4n) is 2.10. The Balaban J connectivity index is 1.71. The second-order valence-corrected chi connectivity index (χ2v) is 7.28. The molecule has 0 amide bonds. The molecule has 0 aliphatic carbocycles. The van der Waals surface area contributed by atoms with Crippen LogP contribution in [0.3, 0.4) is 0 Å². The summed E-state index contributed by atoms with van der Waals surface area (Å²) in [7, 11) is -3.61. The van der Waals surface area contributed by atoms with E-state index < -0.39 is 10.0 Å². The van der Waals surface area contributed by atoms with Crippen LogP contribution in [0.5, 0.6) is 0 Å². The first-order valence-electron chi connectivity index (χ1n) is 7.40. The zero-order chi connectivity index (χ0) is 17.2. The summed E-state index contributed by atoms with van der Waals surface area (Å²) >= 11 is 0. The largest absolute Gasteiger partial charge is 0.338 e. The summed E-state index contributed by atoms with van der Waals surface area (Å²) in [5.41, 5.74) is 2.94. The number of rotatable bonds is 5. The molecule has 1 heterocycles. The fourth-order valence-corrected chi connectivity index (χ4v) is 3.08. The minimum Gasteiger partial charge on any atom is -0.338 e. The minimum absolute atomic E-state index is 0.0604. The number of nitrogens with one attached hydrogen (secondary N) is 1. The number of hydrogen-bond donors (Lipinski definition) is 1. The molecule has 0 saturated heterocycles. The van der Waals surface area contributed by atoms with Crippen molar-refractivity contribution in [2.75, 3.05) is 0 Å². The molecule has 0 bridgehead atoms. The normalized spacial score (nSPS) is 11.6. The summed E-state index contributed by atoms with van der Waals surface area (Å²) in [5.74, 6) is 0.640. The van der Waals surface area contributed by atoms with Crippen molar-refractivity contribution in [3.8, 4) is 11.4 Å². The molecule has 3 aromatic rings. The first-order valence-corrected chi connectivity index (χ1v) is 8.88. The van der Waals surface area contributed by atoms with Crippen molar-refractivity contribution in [1.82, 2.24) is 14.9 Å². The van der Waals surface area contributed by atoms with Crippen molar-refractivity contribution >= 4 is 10.0 Å². The number of nitrogens with zero attached hydrogens (tertiary/aromatic N) is 2. The molecule has 1 aromatic heterocycles. The molecular weight excluding hydrogens is 326 g/mol. The average Bonchev–Trinajstić information content (AvgIpc) is 3.03. The predicted octanol–water partition coefficient (Wildman–Crippen LogP) is 2.83. The van der Waals surface area contributed by atoms with Gasteiger partial charge in [-0.15, -0.1) is 0 Å². The van der Waals surface area contributed by atoms with Crippen LogP contribution in [0.2, 0.25) is 0 Å². The lowest BCUT2D eigenvalue weighted by Gasteiger charge is -2.04. The monoisotopic (exact) mass is 343 g/mol. The number of aryl methyl sites for hydroxylation is 2. The van der Waals surface area contributed by atoms with Gasteiger partial charge in [0.15, 0.2) is 0 Å². The smallest absolute Gasteiger partial charge is 0.242 e. The van der Waals surface area contributed by atoms with E-state index in [4.69, 9.17) is 4.52 Å². The number of sulfonamides is 1. The van der Waals surface area contributed by atoms with Gasteiger partial charge in [-0.25, -0.2) is 13.1 Å². The predicted molar refractivity (Wildman–Crippen MR) is 89.7 cm³/mol. The molecule has 6 nitrogen and oxygen atoms in total. The second kappa shape index (κ2) is 6.54. The van der Waals surface area contributed by atoms with Crippen molar-refractivity contribution in [3.63, 3.8) is 0 Å². The molecule has 3 rings (SSSR count). The molecule has 0 aliphatic heterocycles. The maximum atomic E-state index is 12.2. The topological polar surface area (TPSA) is 85.1 Å². The Hall–Kier alpha value is -2.51. The molecule has 124 valence electrons. The zero-order valence-corrected chi connectivity index (χ0v) is 14.2. The summed E-state index contributed by atoms with van der Waals surface area (Å²) in [6.07, 6.45) is 0. The molecule has 24 heavy (non-hydrogen) atoms. The van der Waals surface area contributed by atoms with E-state index >= 15 is 0 Å². The van der Waals surface area contributed by atoms with Gasteiger partial charge in [0.05, 0.1) is 11.4 Å². The maximum absolute atomic E-state index is 12.2. The fraction of sp³-hybridized carbons (Fsp3) is 0.176. The van der Waals surface area contributed by atoms with Crippen molar-refractivity contribution < 1.29 is 12.9 Å². The highest BCUT2D eigenvalue weighted by Gasteiger charge is 2.16. The highest BCUT2D eigenvalue weighted by molar-refractivity contribution is 7.89. The molecule has 7 heteroatoms. The first kappa shape index (κ1) is 16.4. The third kappa shape index (κ3) is 3.69. The van der Waals surface area contributed by atoms with Gasteiger partial charge in [-0.3, -0.25) is 0 Å². The summed E-state index contributed by atoms with van der Waals surface area (Å²) in [6.45, 7) is 3.83. The highest BCUT2D eigenvalue weighted by Crippen LogP contribution is 2.16. The Labute approximate surface area is 140 Å². The van der Waals surface area contributed by atoms with Gasteiger partial charge in [-0.1, -0.05) is 52.7 Å². The van der Waals surface area contributed by atoms with Gasteiger partial charge >= 0.3 is 0 Å². The van der Waals surface area contributed by atoms with E-state index in [-0.39, 0.29) is 17.3 Å². The van der Waals surface area contributed by atoms with Crippen LogP contribution in [-0.4, -0.2) is 18.6 Å². The molecule has 0 unspecified atom stereocenters. The number of benzene rings is 2. The van der Waals surface area contributed by atoms with E-state index in [9.17, 15) is 8.42 Å². The van der Waals surface area contributed by atoms with Crippen LogP contribution >= 0.6 is 0 Å². The SMILES string of the molecule is Cc1ccc(-c2noc(CNS(=O)(=O)c3ccc(C)cc3)n2)cc1. The summed E-state index contributed by atoms with van der Waals surface area (Å²) in [6, 6.07) is 14.3. The minimum atomic E-state index is -3.61. The van der Waals surface area contributed by atoms with Crippen molar-refractivity contribution in [3.05, 3.63) is 65.5 Å². The standard InChI is InChI=1S/C17H17N3O3S/c1-12-3-7-14(8-4-12)17-19-16(23-20-17)11-18-24(21,22)15-9-5-13(2)6-10-15/h3-10,18H,11H2,1-2H3. The van der Waals surface area contributed by atoms with Crippen LogP contribution in [0.25, 0.3) is 11.4 Å². The lowest BCUT2D eigenvalue weighted by atomic mass is 10.1. The lowest BCUT2D eigenvalue weighted by molar-refractivity contribution is 0.376. The van der Waals surface area contributed by atoms with Crippen LogP contribution in [-0.2, 0) is 16.6 Å². The molecule has 0 fully saturated rings. The van der Waals surface area contributed by atoms with Crippen molar-refractivity contribution in [1.29, 1.82) is 0 Å². The summed E-state index contributed by atoms with van der Waals surface area (Å²) < 4.78 is 32.0. The molecule has 0 saturated carbocycles. The number of hydrogen-bond acceptors (Lipinski definition) is 5. The van der Waals surface area contributed by atoms with Crippen LogP contribution in [0.15, 0.2) is 57.9 Å². The van der Waals surface area contributed by atoms with Gasteiger partial charge in [0.1, 0.15) is 0 Å². The van der Waals surface area contributed by atoms with E-state index in [0.29, 0.717) is 5.82 Å². The van der Waals surface area contributed by atoms with Gasteiger partial charge in [0.2, 0.25) is 21.7 Å². The van der Waals surface area contributed by atoms with Crippen LogP contribution in [0.4, 0.5) is 0 Å². The summed E-state index contributed by atoms with van der Waals surface area (Å²) in [5, 5.41) is 3.88. The Bertz CT molecular complexity index is 930. The van der Waals surface area contributed by atoms with E-state index in [1.807, 2.05) is 38.1 Å². The molecular formula is C17H17N3O3S. The lowest BCUT2D eigenvalue weighted by Crippen LogP contribution is -2.23. The van der Waals surface area contributed by atoms with Gasteiger partial charge in [0, 0.05) is 5.56 Å². The quantitative estimate of drug-likeness (QED) is 0.770. The maximum Gasteiger partial charge on any atom is 0.242 e. The van der Waals surface area contributed by atoms with E-state index in [1.165, 1.54) is 0 Å². The summed E-state index contributed by atoms with van der Waals surface area (Å²) in [4.78, 5) is 4.42. The van der Waals surface area contributed by atoms with E-state index in [0.717, 1.165) is 16.7 Å². The molecule has 2 aromatic carbocycles. The van der Waals surface area contributed by atoms with Crippen LogP contribution < -0.4 is 4.72 Å². The molecule has 0 spiro atoms. The van der Waals surface area contributed by atoms with Gasteiger partial charge in [0.25, 0.3) is 0 Å². The highest BCUT2D eigenvalue weighted by atomic mass is 32.2. The first-order chi connectivity index (χ1) is 11.4. The Morgan fingerprint density at radius 2 is 1.54 bits per heavy atom. The van der Waals surface area contributed by atoms with Crippen molar-refractivity contribution in [2.24, 2.45) is 0 Å². The average molecular weight is 343 g/mol. The van der Waals surface area contributed by atoms with E-state index in [1.54, 1.807) is 24.3 Å². The molecule has 0 atom stereocenters. The van der Waals surface area contributed by atoms with Gasteiger partial charge in [-0.2, -0.15) is 4.98 Å². The van der Waals surface area contributed by atoms with Crippen LogP contribution in [0.1, 0.15) is 17.0 Å². The zero-order valence-electron chi connectivity index (χ0n) is 13.4. The molecule has 0 aliphatic rings. The second-order valence-electron chi connectivity index (χ2n) is 5.52. The van der Waals surface area contributed by atoms with Crippen LogP contribution in [0, 0.1) is 13.8 Å². The van der Waals surface area contributed by atoms with Crippen molar-refractivity contribution in [2.45, 2.75) is 25.3 Å². The Morgan fingerprint density at radius 3 is 2.17 bits per heavy atom. The third-order valence-corrected chi connectivity index (χ3v) is 4.94. The van der Waals surface area contributed by atoms with Gasteiger partial charge in [-0.05, 0) is 26.0 Å².